The van der Waals surface area contributed by atoms with Gasteiger partial charge in [0.2, 0.25) is 0 Å². The first-order valence-corrected chi connectivity index (χ1v) is 7.77. The maximum atomic E-state index is 13.0. The summed E-state index contributed by atoms with van der Waals surface area (Å²) >= 11 is 0. The van der Waals surface area contributed by atoms with Gasteiger partial charge >= 0.3 is 0 Å². The largest absolute Gasteiger partial charge is 0.496 e. The maximum absolute atomic E-state index is 13.0. The molecule has 1 heterocycles. The van der Waals surface area contributed by atoms with Crippen molar-refractivity contribution in [3.63, 3.8) is 0 Å². The summed E-state index contributed by atoms with van der Waals surface area (Å²) in [4.78, 5) is 16.8. The highest BCUT2D eigenvalue weighted by Gasteiger charge is 2.36. The van der Waals surface area contributed by atoms with Gasteiger partial charge in [-0.05, 0) is 32.1 Å². The topological polar surface area (TPSA) is 62.2 Å². The van der Waals surface area contributed by atoms with Gasteiger partial charge in [-0.1, -0.05) is 6.07 Å². The summed E-state index contributed by atoms with van der Waals surface area (Å²) in [6.07, 6.45) is 0. The highest BCUT2D eigenvalue weighted by molar-refractivity contribution is 5.99. The second-order valence-electron chi connectivity index (χ2n) is 6.21. The van der Waals surface area contributed by atoms with E-state index < -0.39 is 0 Å². The van der Waals surface area contributed by atoms with Crippen LogP contribution in [0.3, 0.4) is 0 Å². The van der Waals surface area contributed by atoms with E-state index in [1.807, 2.05) is 14.1 Å². The minimum Gasteiger partial charge on any atom is -0.496 e. The molecular weight excluding hydrogens is 296 g/mol. The van der Waals surface area contributed by atoms with Crippen LogP contribution in [-0.4, -0.2) is 75.4 Å². The Morgan fingerprint density at radius 2 is 1.78 bits per heavy atom. The van der Waals surface area contributed by atoms with E-state index >= 15 is 0 Å². The molecular formula is C17H26N2O4. The van der Waals surface area contributed by atoms with Crippen LogP contribution in [0.15, 0.2) is 18.2 Å². The third-order valence-corrected chi connectivity index (χ3v) is 4.34. The number of carbonyl (C=O) groups is 1. The Balaban J connectivity index is 2.24. The Morgan fingerprint density at radius 3 is 2.26 bits per heavy atom. The number of benzene rings is 1. The van der Waals surface area contributed by atoms with Gasteiger partial charge in [-0.2, -0.15) is 0 Å². The Kier molecular flexibility index (Phi) is 5.85. The number of likely N-dealkylation sites (tertiary alicyclic amines) is 1. The Labute approximate surface area is 137 Å². The first-order chi connectivity index (χ1) is 11.0. The van der Waals surface area contributed by atoms with Crippen molar-refractivity contribution < 1.29 is 19.4 Å². The lowest BCUT2D eigenvalue weighted by molar-refractivity contribution is 0.0772. The van der Waals surface area contributed by atoms with E-state index in [-0.39, 0.29) is 24.3 Å². The second kappa shape index (κ2) is 7.66. The van der Waals surface area contributed by atoms with Gasteiger partial charge in [0.25, 0.3) is 5.91 Å². The van der Waals surface area contributed by atoms with Crippen LogP contribution in [-0.2, 0) is 0 Å². The van der Waals surface area contributed by atoms with E-state index in [0.717, 1.165) is 6.54 Å². The lowest BCUT2D eigenvalue weighted by Gasteiger charge is -2.21. The summed E-state index contributed by atoms with van der Waals surface area (Å²) in [5.41, 5.74) is 0.444. The average Bonchev–Trinajstić information content (AvgIpc) is 2.95. The summed E-state index contributed by atoms with van der Waals surface area (Å²) in [6.45, 7) is 2.11. The number of aliphatic hydroxyl groups is 1. The number of nitrogens with zero attached hydrogens (tertiary/aromatic N) is 2. The smallest absolute Gasteiger partial charge is 0.261 e. The first kappa shape index (κ1) is 17.6. The van der Waals surface area contributed by atoms with Crippen molar-refractivity contribution in [2.45, 2.75) is 0 Å². The zero-order valence-corrected chi connectivity index (χ0v) is 14.3. The molecule has 1 aromatic rings. The van der Waals surface area contributed by atoms with Crippen LogP contribution in [0.25, 0.3) is 0 Å². The van der Waals surface area contributed by atoms with Crippen molar-refractivity contribution in [3.05, 3.63) is 23.8 Å². The zero-order chi connectivity index (χ0) is 17.0. The van der Waals surface area contributed by atoms with Crippen molar-refractivity contribution in [2.75, 3.05) is 54.6 Å². The van der Waals surface area contributed by atoms with Gasteiger partial charge in [-0.15, -0.1) is 0 Å². The molecule has 23 heavy (non-hydrogen) atoms. The molecule has 0 aliphatic carbocycles. The molecule has 1 fully saturated rings. The molecule has 0 aromatic heterocycles. The molecule has 2 atom stereocenters. The average molecular weight is 322 g/mol. The molecule has 1 aliphatic rings. The minimum absolute atomic E-state index is 0.0886. The summed E-state index contributed by atoms with van der Waals surface area (Å²) < 4.78 is 10.7. The molecule has 1 saturated heterocycles. The molecule has 128 valence electrons. The van der Waals surface area contributed by atoms with Crippen LogP contribution in [0.1, 0.15) is 10.4 Å². The molecule has 0 unspecified atom stereocenters. The van der Waals surface area contributed by atoms with E-state index in [1.165, 1.54) is 0 Å². The molecule has 6 nitrogen and oxygen atoms in total. The fraction of sp³-hybridized carbons (Fsp3) is 0.588. The van der Waals surface area contributed by atoms with Crippen LogP contribution in [0.2, 0.25) is 0 Å². The number of rotatable bonds is 6. The predicted octanol–water partition coefficient (Wildman–Crippen LogP) is 0.946. The number of hydrogen-bond donors (Lipinski definition) is 1. The number of ether oxygens (including phenoxy) is 2. The van der Waals surface area contributed by atoms with Gasteiger partial charge in [-0.25, -0.2) is 0 Å². The highest BCUT2D eigenvalue weighted by atomic mass is 16.5. The fourth-order valence-electron chi connectivity index (χ4n) is 3.21. The third kappa shape index (κ3) is 3.76. The van der Waals surface area contributed by atoms with Gasteiger partial charge in [0, 0.05) is 32.2 Å². The number of carbonyl (C=O) groups excluding carboxylic acids is 1. The van der Waals surface area contributed by atoms with E-state index in [4.69, 9.17) is 9.47 Å². The monoisotopic (exact) mass is 322 g/mol. The lowest BCUT2D eigenvalue weighted by atomic mass is 9.97. The number of methoxy groups -OCH3 is 2. The normalized spacial score (nSPS) is 20.9. The summed E-state index contributed by atoms with van der Waals surface area (Å²) in [5, 5.41) is 9.62. The number of amides is 1. The zero-order valence-electron chi connectivity index (χ0n) is 14.3. The van der Waals surface area contributed by atoms with Crippen LogP contribution in [0.5, 0.6) is 11.5 Å². The van der Waals surface area contributed by atoms with Crippen molar-refractivity contribution in [3.8, 4) is 11.5 Å². The minimum atomic E-state index is -0.112. The van der Waals surface area contributed by atoms with Gasteiger partial charge in [0.05, 0.1) is 14.2 Å². The van der Waals surface area contributed by atoms with Crippen LogP contribution < -0.4 is 9.47 Å². The molecule has 1 amide bonds. The SMILES string of the molecule is COc1cccc(OC)c1C(=O)N1C[C@@H](CN(C)C)[C@@H](CO)C1. The van der Waals surface area contributed by atoms with Crippen LogP contribution in [0, 0.1) is 11.8 Å². The molecule has 1 aromatic carbocycles. The number of aliphatic hydroxyl groups excluding tert-OH is 1. The summed E-state index contributed by atoms with van der Waals surface area (Å²) in [7, 11) is 7.09. The van der Waals surface area contributed by atoms with Crippen molar-refractivity contribution in [2.24, 2.45) is 11.8 Å². The van der Waals surface area contributed by atoms with Crippen LogP contribution in [0.4, 0.5) is 0 Å². The van der Waals surface area contributed by atoms with E-state index in [9.17, 15) is 9.90 Å². The standard InChI is InChI=1S/C17H26N2O4/c1-18(2)8-12-9-19(10-13(12)11-20)17(21)16-14(22-3)6-5-7-15(16)23-4/h5-7,12-13,20H,8-11H2,1-4H3/t12-,13-/m1/s1. The van der Waals surface area contributed by atoms with Crippen LogP contribution >= 0.6 is 0 Å². The lowest BCUT2D eigenvalue weighted by Crippen LogP contribution is -2.31. The van der Waals surface area contributed by atoms with Crippen molar-refractivity contribution in [1.29, 1.82) is 0 Å². The molecule has 0 spiro atoms. The molecule has 6 heteroatoms. The summed E-state index contributed by atoms with van der Waals surface area (Å²) in [6, 6.07) is 5.31. The predicted molar refractivity (Wildman–Crippen MR) is 88.1 cm³/mol. The van der Waals surface area contributed by atoms with Gasteiger partial charge in [-0.3, -0.25) is 4.79 Å². The Bertz CT molecular complexity index is 525. The second-order valence-corrected chi connectivity index (χ2v) is 6.21. The van der Waals surface area contributed by atoms with Gasteiger partial charge in [0.15, 0.2) is 0 Å². The molecule has 0 bridgehead atoms. The molecule has 0 radical (unpaired) electrons. The van der Waals surface area contributed by atoms with Crippen molar-refractivity contribution in [1.82, 2.24) is 9.80 Å². The van der Waals surface area contributed by atoms with Crippen molar-refractivity contribution >= 4 is 5.91 Å². The molecule has 1 aliphatic heterocycles. The van der Waals surface area contributed by atoms with Gasteiger partial charge in [0.1, 0.15) is 17.1 Å². The highest BCUT2D eigenvalue weighted by Crippen LogP contribution is 2.32. The third-order valence-electron chi connectivity index (χ3n) is 4.34. The summed E-state index contributed by atoms with van der Waals surface area (Å²) in [5.74, 6) is 1.26. The Morgan fingerprint density at radius 1 is 1.22 bits per heavy atom. The Hall–Kier alpha value is -1.79. The number of hydrogen-bond acceptors (Lipinski definition) is 5. The first-order valence-electron chi connectivity index (χ1n) is 7.77. The molecule has 0 saturated carbocycles. The van der Waals surface area contributed by atoms with E-state index in [1.54, 1.807) is 37.3 Å². The van der Waals surface area contributed by atoms with E-state index in [2.05, 4.69) is 4.90 Å². The molecule has 1 N–H and O–H groups in total. The van der Waals surface area contributed by atoms with Gasteiger partial charge < -0.3 is 24.4 Å². The fourth-order valence-corrected chi connectivity index (χ4v) is 3.21. The quantitative estimate of drug-likeness (QED) is 0.845. The molecule has 2 rings (SSSR count). The van der Waals surface area contributed by atoms with E-state index in [0.29, 0.717) is 30.2 Å². The maximum Gasteiger partial charge on any atom is 0.261 e.